The van der Waals surface area contributed by atoms with E-state index in [0.717, 1.165) is 35.7 Å². The summed E-state index contributed by atoms with van der Waals surface area (Å²) in [5, 5.41) is 3.50. The van der Waals surface area contributed by atoms with Gasteiger partial charge >= 0.3 is 17.9 Å². The van der Waals surface area contributed by atoms with Crippen LogP contribution in [0.15, 0.2) is 54.6 Å². The van der Waals surface area contributed by atoms with E-state index in [1.165, 1.54) is 5.56 Å². The molecule has 1 aliphatic rings. The number of nitrogens with one attached hydrogen (secondary N) is 1. The number of rotatable bonds is 11. The largest absolute Gasteiger partial charge is 0.462 e. The molecule has 5 rings (SSSR count). The zero-order valence-electron chi connectivity index (χ0n) is 26.4. The van der Waals surface area contributed by atoms with E-state index in [-0.39, 0.29) is 35.1 Å². The molecule has 46 heavy (non-hydrogen) atoms. The smallest absolute Gasteiger partial charge is 0.348 e. The summed E-state index contributed by atoms with van der Waals surface area (Å²) in [5.41, 5.74) is 4.29. The van der Waals surface area contributed by atoms with Gasteiger partial charge in [-0.25, -0.2) is 14.4 Å². The van der Waals surface area contributed by atoms with Gasteiger partial charge in [0.05, 0.1) is 29.9 Å². The molecule has 1 atom stereocenters. The quantitative estimate of drug-likeness (QED) is 0.153. The van der Waals surface area contributed by atoms with Crippen LogP contribution in [0.2, 0.25) is 0 Å². The van der Waals surface area contributed by atoms with Gasteiger partial charge in [-0.2, -0.15) is 0 Å². The van der Waals surface area contributed by atoms with E-state index >= 15 is 0 Å². The van der Waals surface area contributed by atoms with Gasteiger partial charge in [0.1, 0.15) is 9.88 Å². The van der Waals surface area contributed by atoms with Crippen LogP contribution in [0.4, 0.5) is 5.00 Å². The highest BCUT2D eigenvalue weighted by atomic mass is 32.1. The molecule has 0 saturated carbocycles. The molecular weight excluding hydrogens is 606 g/mol. The molecule has 4 aromatic rings. The lowest BCUT2D eigenvalue weighted by Crippen LogP contribution is -2.35. The van der Waals surface area contributed by atoms with Crippen molar-refractivity contribution in [1.82, 2.24) is 9.88 Å². The molecule has 3 heterocycles. The van der Waals surface area contributed by atoms with E-state index in [1.54, 1.807) is 27.7 Å². The summed E-state index contributed by atoms with van der Waals surface area (Å²) in [6.07, 6.45) is -0.336. The van der Waals surface area contributed by atoms with Crippen molar-refractivity contribution in [3.63, 3.8) is 0 Å². The molecule has 240 valence electrons. The van der Waals surface area contributed by atoms with Crippen LogP contribution < -0.4 is 5.32 Å². The molecule has 10 nitrogen and oxygen atoms in total. The average Bonchev–Trinajstić information content (AvgIpc) is 3.38. The summed E-state index contributed by atoms with van der Waals surface area (Å²) >= 11 is 0.920. The van der Waals surface area contributed by atoms with Crippen molar-refractivity contribution in [2.45, 2.75) is 59.7 Å². The maximum atomic E-state index is 14.0. The average molecular weight is 644 g/mol. The van der Waals surface area contributed by atoms with Crippen molar-refractivity contribution < 1.29 is 33.4 Å². The third-order valence-electron chi connectivity index (χ3n) is 7.82. The van der Waals surface area contributed by atoms with E-state index in [4.69, 9.17) is 19.2 Å². The minimum atomic E-state index is -1.18. The number of hydrogen-bond donors (Lipinski definition) is 1. The van der Waals surface area contributed by atoms with Gasteiger partial charge in [-0.1, -0.05) is 55.5 Å². The third kappa shape index (κ3) is 6.95. The monoisotopic (exact) mass is 643 g/mol. The Labute approximate surface area is 271 Å². The molecular formula is C35H37N3O7S. The van der Waals surface area contributed by atoms with E-state index in [0.29, 0.717) is 35.0 Å². The number of esters is 3. The Hall–Kier alpha value is -4.61. The molecule has 1 aliphatic heterocycles. The standard InChI is InChI=1S/C35H37N3O7S/c1-5-27(31(39)37-32-28(33(40)43-6-2)21(4)30(46-32)35(42)44-7-3)45-34(41)29-23-15-11-12-16-25(23)36-26-17-18-38(20-24(26)29)19-22-13-9-8-10-14-22/h8-16,27H,5-7,17-20H2,1-4H3,(H,37,39). The second-order valence-corrected chi connectivity index (χ2v) is 11.9. The zero-order valence-corrected chi connectivity index (χ0v) is 27.2. The van der Waals surface area contributed by atoms with Gasteiger partial charge < -0.3 is 19.5 Å². The number of ether oxygens (including phenoxy) is 3. The predicted molar refractivity (Wildman–Crippen MR) is 175 cm³/mol. The number of benzene rings is 2. The molecule has 1 unspecified atom stereocenters. The lowest BCUT2D eigenvalue weighted by atomic mass is 9.95. The second kappa shape index (κ2) is 14.7. The second-order valence-electron chi connectivity index (χ2n) is 10.9. The van der Waals surface area contributed by atoms with E-state index in [2.05, 4.69) is 22.3 Å². The molecule has 11 heteroatoms. The Balaban J connectivity index is 1.43. The van der Waals surface area contributed by atoms with E-state index < -0.39 is 29.9 Å². The predicted octanol–water partition coefficient (Wildman–Crippen LogP) is 6.09. The van der Waals surface area contributed by atoms with Gasteiger partial charge in [0.15, 0.2) is 6.10 Å². The summed E-state index contributed by atoms with van der Waals surface area (Å²) < 4.78 is 16.3. The molecule has 1 N–H and O–H groups in total. The number of carbonyl (C=O) groups is 4. The fraction of sp³-hybridized carbons (Fsp3) is 0.343. The lowest BCUT2D eigenvalue weighted by Gasteiger charge is -2.30. The molecule has 0 saturated heterocycles. The Morgan fingerprint density at radius 2 is 1.61 bits per heavy atom. The summed E-state index contributed by atoms with van der Waals surface area (Å²) in [5.74, 6) is -2.54. The van der Waals surface area contributed by atoms with Crippen molar-refractivity contribution in [3.05, 3.63) is 93.0 Å². The van der Waals surface area contributed by atoms with Gasteiger partial charge in [0, 0.05) is 42.7 Å². The van der Waals surface area contributed by atoms with Crippen LogP contribution in [0.1, 0.15) is 80.0 Å². The first kappa shape index (κ1) is 32.8. The molecule has 0 spiro atoms. The molecule has 0 radical (unpaired) electrons. The number of nitrogens with zero attached hydrogens (tertiary/aromatic N) is 2. The Kier molecular flexibility index (Phi) is 10.4. The topological polar surface area (TPSA) is 124 Å². The van der Waals surface area contributed by atoms with E-state index in [1.807, 2.05) is 42.5 Å². The van der Waals surface area contributed by atoms with Crippen LogP contribution in [0.5, 0.6) is 0 Å². The molecule has 0 aliphatic carbocycles. The first-order valence-corrected chi connectivity index (χ1v) is 16.2. The van der Waals surface area contributed by atoms with Crippen LogP contribution in [0, 0.1) is 6.92 Å². The van der Waals surface area contributed by atoms with Crippen molar-refractivity contribution in [2.75, 3.05) is 25.1 Å². The number of para-hydroxylation sites is 1. The SMILES string of the molecule is CCOC(=O)c1sc(NC(=O)C(CC)OC(=O)c2c3c(nc4ccccc24)CCN(Cc2ccccc2)C3)c(C(=O)OCC)c1C. The highest BCUT2D eigenvalue weighted by Crippen LogP contribution is 2.35. The number of fused-ring (bicyclic) bond motifs is 2. The first-order valence-electron chi connectivity index (χ1n) is 15.4. The number of hydrogen-bond acceptors (Lipinski definition) is 10. The van der Waals surface area contributed by atoms with E-state index in [9.17, 15) is 19.2 Å². The van der Waals surface area contributed by atoms with Crippen LogP contribution in [0.25, 0.3) is 10.9 Å². The van der Waals surface area contributed by atoms with Gasteiger partial charge in [0.2, 0.25) is 0 Å². The van der Waals surface area contributed by atoms with Gasteiger partial charge in [0.25, 0.3) is 5.91 Å². The van der Waals surface area contributed by atoms with Gasteiger partial charge in [-0.15, -0.1) is 11.3 Å². The highest BCUT2D eigenvalue weighted by Gasteiger charge is 2.32. The maximum absolute atomic E-state index is 14.0. The number of amides is 1. The maximum Gasteiger partial charge on any atom is 0.348 e. The van der Waals surface area contributed by atoms with Crippen molar-refractivity contribution in [3.8, 4) is 0 Å². The Morgan fingerprint density at radius 1 is 0.913 bits per heavy atom. The molecule has 2 aromatic heterocycles. The summed E-state index contributed by atoms with van der Waals surface area (Å²) in [6.45, 7) is 8.95. The minimum Gasteiger partial charge on any atom is -0.462 e. The Morgan fingerprint density at radius 3 is 2.33 bits per heavy atom. The fourth-order valence-corrected chi connectivity index (χ4v) is 6.69. The van der Waals surface area contributed by atoms with Crippen molar-refractivity contribution in [2.24, 2.45) is 0 Å². The molecule has 0 fully saturated rings. The number of thiophene rings is 1. The number of anilines is 1. The number of pyridine rings is 1. The third-order valence-corrected chi connectivity index (χ3v) is 9.00. The van der Waals surface area contributed by atoms with Crippen molar-refractivity contribution in [1.29, 1.82) is 0 Å². The first-order chi connectivity index (χ1) is 22.2. The van der Waals surface area contributed by atoms with Crippen molar-refractivity contribution >= 4 is 51.1 Å². The fourth-order valence-electron chi connectivity index (χ4n) is 5.60. The number of carbonyl (C=O) groups excluding carboxylic acids is 4. The molecule has 2 aromatic carbocycles. The highest BCUT2D eigenvalue weighted by molar-refractivity contribution is 7.18. The Bertz CT molecular complexity index is 1770. The molecule has 1 amide bonds. The normalized spacial score (nSPS) is 13.5. The summed E-state index contributed by atoms with van der Waals surface area (Å²) in [4.78, 5) is 60.4. The van der Waals surface area contributed by atoms with Gasteiger partial charge in [-0.05, 0) is 44.4 Å². The van der Waals surface area contributed by atoms with Crippen LogP contribution in [0.3, 0.4) is 0 Å². The van der Waals surface area contributed by atoms with Crippen LogP contribution in [-0.2, 0) is 38.5 Å². The zero-order chi connectivity index (χ0) is 32.8. The summed E-state index contributed by atoms with van der Waals surface area (Å²) in [6, 6.07) is 17.6. The molecule has 0 bridgehead atoms. The summed E-state index contributed by atoms with van der Waals surface area (Å²) in [7, 11) is 0. The van der Waals surface area contributed by atoms with Crippen LogP contribution in [-0.4, -0.2) is 59.6 Å². The minimum absolute atomic E-state index is 0.0668. The van der Waals surface area contributed by atoms with Crippen LogP contribution >= 0.6 is 11.3 Å². The van der Waals surface area contributed by atoms with Gasteiger partial charge in [-0.3, -0.25) is 14.7 Å². The number of aromatic nitrogens is 1. The lowest BCUT2D eigenvalue weighted by molar-refractivity contribution is -0.124.